The molecule has 1 aromatic heterocycles. The number of aromatic nitrogens is 1. The van der Waals surface area contributed by atoms with E-state index in [4.69, 9.17) is 0 Å². The van der Waals surface area contributed by atoms with E-state index in [9.17, 15) is 19.7 Å². The number of benzene rings is 1. The van der Waals surface area contributed by atoms with Gasteiger partial charge in [0.15, 0.2) is 4.80 Å². The SMILES string of the molecule is CCn1c(=NC(=O)CSCC(=O)NC2CCCCC2)sc2cc([N+](=O)[O-])ccc21. The quantitative estimate of drug-likeness (QED) is 0.530. The summed E-state index contributed by atoms with van der Waals surface area (Å²) < 4.78 is 2.58. The second kappa shape index (κ2) is 10.0. The summed E-state index contributed by atoms with van der Waals surface area (Å²) in [7, 11) is 0. The summed E-state index contributed by atoms with van der Waals surface area (Å²) in [5.74, 6) is 0.0107. The highest BCUT2D eigenvalue weighted by molar-refractivity contribution is 8.00. The van der Waals surface area contributed by atoms with Crippen molar-refractivity contribution in [2.75, 3.05) is 11.5 Å². The highest BCUT2D eigenvalue weighted by atomic mass is 32.2. The summed E-state index contributed by atoms with van der Waals surface area (Å²) in [6.07, 6.45) is 5.62. The van der Waals surface area contributed by atoms with Gasteiger partial charge in [-0.1, -0.05) is 30.6 Å². The maximum absolute atomic E-state index is 12.3. The van der Waals surface area contributed by atoms with Gasteiger partial charge in [-0.05, 0) is 25.8 Å². The third-order valence-corrected chi connectivity index (χ3v) is 6.80. The molecule has 8 nitrogen and oxygen atoms in total. The number of hydrogen-bond donors (Lipinski definition) is 1. The number of carbonyl (C=O) groups excluding carboxylic acids is 2. The number of nitrogens with zero attached hydrogens (tertiary/aromatic N) is 3. The fourth-order valence-electron chi connectivity index (χ4n) is 3.45. The molecule has 1 fully saturated rings. The van der Waals surface area contributed by atoms with Gasteiger partial charge in [0.25, 0.3) is 11.6 Å². The number of rotatable bonds is 7. The van der Waals surface area contributed by atoms with Gasteiger partial charge in [0.05, 0.1) is 26.6 Å². The van der Waals surface area contributed by atoms with Gasteiger partial charge in [-0.15, -0.1) is 11.8 Å². The lowest BCUT2D eigenvalue weighted by Gasteiger charge is -2.22. The molecule has 2 aromatic rings. The second-order valence-electron chi connectivity index (χ2n) is 6.94. The molecule has 0 unspecified atom stereocenters. The number of hydrogen-bond acceptors (Lipinski definition) is 6. The number of thioether (sulfide) groups is 1. The molecule has 2 amide bonds. The maximum Gasteiger partial charge on any atom is 0.270 e. The lowest BCUT2D eigenvalue weighted by molar-refractivity contribution is -0.384. The van der Waals surface area contributed by atoms with Crippen molar-refractivity contribution in [3.05, 3.63) is 33.1 Å². The van der Waals surface area contributed by atoms with Crippen LogP contribution < -0.4 is 10.1 Å². The minimum atomic E-state index is -0.438. The highest BCUT2D eigenvalue weighted by Gasteiger charge is 2.16. The minimum Gasteiger partial charge on any atom is -0.353 e. The van der Waals surface area contributed by atoms with Crippen molar-refractivity contribution in [2.45, 2.75) is 51.6 Å². The molecule has 1 heterocycles. The average Bonchev–Trinajstić information content (AvgIpc) is 3.04. The monoisotopic (exact) mass is 436 g/mol. The van der Waals surface area contributed by atoms with Gasteiger partial charge in [-0.2, -0.15) is 4.99 Å². The van der Waals surface area contributed by atoms with Gasteiger partial charge in [0.2, 0.25) is 5.91 Å². The number of nitro groups is 1. The van der Waals surface area contributed by atoms with Crippen LogP contribution in [0.5, 0.6) is 0 Å². The molecule has 0 atom stereocenters. The van der Waals surface area contributed by atoms with Gasteiger partial charge in [0.1, 0.15) is 0 Å². The van der Waals surface area contributed by atoms with Crippen molar-refractivity contribution >= 4 is 50.8 Å². The molecule has 156 valence electrons. The van der Waals surface area contributed by atoms with Crippen LogP contribution in [0.2, 0.25) is 0 Å². The third kappa shape index (κ3) is 5.66. The molecule has 0 radical (unpaired) electrons. The number of thiazole rings is 1. The summed E-state index contributed by atoms with van der Waals surface area (Å²) in [6.45, 7) is 2.53. The Balaban J connectivity index is 1.61. The van der Waals surface area contributed by atoms with Crippen molar-refractivity contribution in [1.29, 1.82) is 0 Å². The fraction of sp³-hybridized carbons (Fsp3) is 0.526. The smallest absolute Gasteiger partial charge is 0.270 e. The highest BCUT2D eigenvalue weighted by Crippen LogP contribution is 2.23. The Kier molecular flexibility index (Phi) is 7.43. The van der Waals surface area contributed by atoms with Gasteiger partial charge in [-0.25, -0.2) is 0 Å². The zero-order valence-corrected chi connectivity index (χ0v) is 17.9. The Bertz CT molecular complexity index is 976. The van der Waals surface area contributed by atoms with E-state index in [1.807, 2.05) is 11.5 Å². The van der Waals surface area contributed by atoms with Crippen molar-refractivity contribution in [2.24, 2.45) is 4.99 Å². The van der Waals surface area contributed by atoms with Crippen molar-refractivity contribution in [3.8, 4) is 0 Å². The second-order valence-corrected chi connectivity index (χ2v) is 8.93. The maximum atomic E-state index is 12.3. The average molecular weight is 437 g/mol. The molecule has 29 heavy (non-hydrogen) atoms. The Morgan fingerprint density at radius 3 is 2.76 bits per heavy atom. The Hall–Kier alpha value is -2.20. The molecule has 3 rings (SSSR count). The standard InChI is InChI=1S/C19H24N4O4S2/c1-2-22-15-9-8-14(23(26)27)10-16(15)29-19(22)21-18(25)12-28-11-17(24)20-13-6-4-3-5-7-13/h8-10,13H,2-7,11-12H2,1H3,(H,20,24). The summed E-state index contributed by atoms with van der Waals surface area (Å²) in [6, 6.07) is 4.90. The zero-order valence-electron chi connectivity index (χ0n) is 16.3. The van der Waals surface area contributed by atoms with Gasteiger partial charge >= 0.3 is 0 Å². The van der Waals surface area contributed by atoms with Crippen LogP contribution in [0.15, 0.2) is 23.2 Å². The fourth-order valence-corrected chi connectivity index (χ4v) is 5.21. The summed E-state index contributed by atoms with van der Waals surface area (Å²) in [5.41, 5.74) is 0.827. The van der Waals surface area contributed by atoms with E-state index < -0.39 is 4.92 Å². The topological polar surface area (TPSA) is 107 Å². The number of non-ortho nitro benzene ring substituents is 1. The molecule has 10 heteroatoms. The van der Waals surface area contributed by atoms with E-state index in [-0.39, 0.29) is 35.0 Å². The van der Waals surface area contributed by atoms with Crippen molar-refractivity contribution < 1.29 is 14.5 Å². The number of fused-ring (bicyclic) bond motifs is 1. The first-order valence-corrected chi connectivity index (χ1v) is 11.7. The minimum absolute atomic E-state index is 0.0133. The molecule has 1 aliphatic rings. The molecular formula is C19H24N4O4S2. The zero-order chi connectivity index (χ0) is 20.8. The molecule has 1 saturated carbocycles. The van der Waals surface area contributed by atoms with Crippen LogP contribution in [0.25, 0.3) is 10.2 Å². The van der Waals surface area contributed by atoms with Crippen LogP contribution in [0.1, 0.15) is 39.0 Å². The Morgan fingerprint density at radius 1 is 1.31 bits per heavy atom. The third-order valence-electron chi connectivity index (χ3n) is 4.84. The molecule has 1 aromatic carbocycles. The largest absolute Gasteiger partial charge is 0.353 e. The van der Waals surface area contributed by atoms with Crippen molar-refractivity contribution in [3.63, 3.8) is 0 Å². The van der Waals surface area contributed by atoms with E-state index in [0.717, 1.165) is 31.2 Å². The van der Waals surface area contributed by atoms with E-state index in [1.54, 1.807) is 6.07 Å². The predicted octanol–water partition coefficient (Wildman–Crippen LogP) is 3.24. The van der Waals surface area contributed by atoms with Crippen LogP contribution >= 0.6 is 23.1 Å². The van der Waals surface area contributed by atoms with E-state index in [2.05, 4.69) is 10.3 Å². The van der Waals surface area contributed by atoms with Gasteiger partial charge < -0.3 is 9.88 Å². The van der Waals surface area contributed by atoms with Gasteiger partial charge in [0, 0.05) is 24.7 Å². The summed E-state index contributed by atoms with van der Waals surface area (Å²) >= 11 is 2.51. The molecular weight excluding hydrogens is 412 g/mol. The van der Waals surface area contributed by atoms with Crippen molar-refractivity contribution in [1.82, 2.24) is 9.88 Å². The van der Waals surface area contributed by atoms with Crippen LogP contribution in [0.4, 0.5) is 5.69 Å². The number of aryl methyl sites for hydroxylation is 1. The number of nitrogens with one attached hydrogen (secondary N) is 1. The lowest BCUT2D eigenvalue weighted by Crippen LogP contribution is -2.37. The molecule has 0 saturated heterocycles. The van der Waals surface area contributed by atoms with Crippen LogP contribution in [0, 0.1) is 10.1 Å². The molecule has 1 N–H and O–H groups in total. The van der Waals surface area contributed by atoms with E-state index in [0.29, 0.717) is 16.0 Å². The molecule has 0 aliphatic heterocycles. The number of amides is 2. The van der Waals surface area contributed by atoms with E-state index >= 15 is 0 Å². The number of nitro benzene ring substituents is 1. The van der Waals surface area contributed by atoms with E-state index in [1.165, 1.54) is 41.7 Å². The predicted molar refractivity (Wildman–Crippen MR) is 115 cm³/mol. The van der Waals surface area contributed by atoms with Crippen LogP contribution in [-0.2, 0) is 16.1 Å². The first-order valence-electron chi connectivity index (χ1n) is 9.70. The molecule has 0 bridgehead atoms. The molecule has 1 aliphatic carbocycles. The summed E-state index contributed by atoms with van der Waals surface area (Å²) in [4.78, 5) is 39.5. The Morgan fingerprint density at radius 2 is 2.07 bits per heavy atom. The van der Waals surface area contributed by atoms with Gasteiger partial charge in [-0.3, -0.25) is 19.7 Å². The first kappa shape index (κ1) is 21.5. The Labute approximate surface area is 176 Å². The lowest BCUT2D eigenvalue weighted by atomic mass is 9.95. The van der Waals surface area contributed by atoms with Crippen LogP contribution in [0.3, 0.4) is 0 Å². The summed E-state index contributed by atoms with van der Waals surface area (Å²) in [5, 5.41) is 14.0. The molecule has 0 spiro atoms. The normalized spacial score (nSPS) is 15.6. The number of carbonyl (C=O) groups is 2. The van der Waals surface area contributed by atoms with Crippen LogP contribution in [-0.4, -0.2) is 38.9 Å². The first-order chi connectivity index (χ1) is 14.0.